The second kappa shape index (κ2) is 7.62. The number of carbonyl (C=O) groups excluding carboxylic acids is 1. The Morgan fingerprint density at radius 2 is 1.67 bits per heavy atom. The van der Waals surface area contributed by atoms with Crippen molar-refractivity contribution in [2.75, 3.05) is 25.1 Å². The van der Waals surface area contributed by atoms with Gasteiger partial charge < -0.3 is 14.9 Å². The number of fused-ring (bicyclic) bond motifs is 3. The zero-order chi connectivity index (χ0) is 20.7. The molecule has 0 radical (unpaired) electrons. The van der Waals surface area contributed by atoms with Crippen LogP contribution >= 0.6 is 0 Å². The molecule has 1 saturated heterocycles. The summed E-state index contributed by atoms with van der Waals surface area (Å²) >= 11 is 0. The summed E-state index contributed by atoms with van der Waals surface area (Å²) in [6.45, 7) is 0.799. The van der Waals surface area contributed by atoms with Crippen LogP contribution in [0, 0.1) is 5.92 Å². The number of hydrogen-bond donors (Lipinski definition) is 1. The van der Waals surface area contributed by atoms with Gasteiger partial charge in [0.1, 0.15) is 0 Å². The number of aliphatic hydroxyl groups excluding tert-OH is 1. The summed E-state index contributed by atoms with van der Waals surface area (Å²) in [5, 5.41) is 10.2. The lowest BCUT2D eigenvalue weighted by atomic mass is 9.81. The second-order valence-corrected chi connectivity index (χ2v) is 8.26. The van der Waals surface area contributed by atoms with Crippen LogP contribution in [0.25, 0.3) is 11.1 Å². The van der Waals surface area contributed by atoms with E-state index in [9.17, 15) is 9.90 Å². The Balaban J connectivity index is 1.61. The van der Waals surface area contributed by atoms with Gasteiger partial charge in [0.05, 0.1) is 18.7 Å². The average molecular weight is 399 g/mol. The van der Waals surface area contributed by atoms with Crippen LogP contribution in [0.3, 0.4) is 0 Å². The number of likely N-dealkylation sites (N-methyl/N-ethyl adjacent to an activating group) is 1. The molecule has 0 saturated carbocycles. The van der Waals surface area contributed by atoms with Crippen molar-refractivity contribution in [1.82, 2.24) is 4.90 Å². The molecule has 4 heteroatoms. The number of rotatable bonds is 3. The number of carbonyl (C=O) groups is 1. The van der Waals surface area contributed by atoms with Crippen LogP contribution in [0.15, 0.2) is 78.9 Å². The van der Waals surface area contributed by atoms with E-state index in [-0.39, 0.29) is 30.5 Å². The summed E-state index contributed by atoms with van der Waals surface area (Å²) in [4.78, 5) is 17.6. The predicted octanol–water partition coefficient (Wildman–Crippen LogP) is 4.37. The molecule has 1 fully saturated rings. The molecule has 2 heterocycles. The van der Waals surface area contributed by atoms with Crippen molar-refractivity contribution in [3.63, 3.8) is 0 Å². The normalized spacial score (nSPS) is 22.5. The van der Waals surface area contributed by atoms with Crippen LogP contribution in [0.2, 0.25) is 0 Å². The number of benzene rings is 3. The molecular weight excluding hydrogens is 372 g/mol. The molecule has 0 aliphatic carbocycles. The highest BCUT2D eigenvalue weighted by Crippen LogP contribution is 2.49. The molecule has 5 rings (SSSR count). The molecular formula is C26H26N2O2. The van der Waals surface area contributed by atoms with E-state index in [4.69, 9.17) is 0 Å². The molecule has 0 spiro atoms. The van der Waals surface area contributed by atoms with E-state index >= 15 is 0 Å². The molecule has 2 aliphatic heterocycles. The minimum Gasteiger partial charge on any atom is -0.394 e. The Morgan fingerprint density at radius 3 is 2.37 bits per heavy atom. The molecule has 1 amide bonds. The standard InChI is InChI=1S/C26H26N2O2/c1-27-23-13-12-20(18-8-4-2-5-9-18)16-22(23)25-21(24(27)17-29)14-15-28(25)26(30)19-10-6-3-7-11-19/h2-13,16,21,24-25,29H,14-15,17H2,1H3/t21-,24-,25-/m0/s1. The Hall–Kier alpha value is -3.11. The van der Waals surface area contributed by atoms with Gasteiger partial charge >= 0.3 is 0 Å². The fourth-order valence-corrected chi connectivity index (χ4v) is 5.24. The van der Waals surface area contributed by atoms with Gasteiger partial charge in [0, 0.05) is 30.8 Å². The Labute approximate surface area is 177 Å². The summed E-state index contributed by atoms with van der Waals surface area (Å²) in [5.41, 5.74) is 5.32. The van der Waals surface area contributed by atoms with Crippen molar-refractivity contribution in [2.24, 2.45) is 5.92 Å². The first-order chi connectivity index (χ1) is 14.7. The minimum atomic E-state index is -0.0234. The van der Waals surface area contributed by atoms with Crippen molar-refractivity contribution in [3.05, 3.63) is 90.0 Å². The maximum Gasteiger partial charge on any atom is 0.254 e. The van der Waals surface area contributed by atoms with E-state index < -0.39 is 0 Å². The second-order valence-electron chi connectivity index (χ2n) is 8.26. The number of amides is 1. The molecule has 1 N–H and O–H groups in total. The van der Waals surface area contributed by atoms with Crippen LogP contribution in [-0.4, -0.2) is 42.2 Å². The van der Waals surface area contributed by atoms with Gasteiger partial charge in [0.2, 0.25) is 0 Å². The van der Waals surface area contributed by atoms with Crippen LogP contribution < -0.4 is 4.90 Å². The lowest BCUT2D eigenvalue weighted by molar-refractivity contribution is 0.0694. The van der Waals surface area contributed by atoms with Crippen LogP contribution in [0.4, 0.5) is 5.69 Å². The Kier molecular flexibility index (Phi) is 4.80. The number of anilines is 1. The first kappa shape index (κ1) is 18.9. The lowest BCUT2D eigenvalue weighted by Gasteiger charge is -2.44. The maximum atomic E-state index is 13.4. The first-order valence-corrected chi connectivity index (χ1v) is 10.6. The molecule has 0 bridgehead atoms. The SMILES string of the molecule is CN1c2ccc(-c3ccccc3)cc2[C@@H]2[C@@H](CCN2C(=O)c2ccccc2)[C@@H]1CO. The molecule has 0 aromatic heterocycles. The number of likely N-dealkylation sites (tertiary alicyclic amines) is 1. The fourth-order valence-electron chi connectivity index (χ4n) is 5.24. The number of nitrogens with zero attached hydrogens (tertiary/aromatic N) is 2. The highest BCUT2D eigenvalue weighted by Gasteiger charge is 2.47. The third-order valence-corrected chi connectivity index (χ3v) is 6.74. The van der Waals surface area contributed by atoms with Crippen LogP contribution in [-0.2, 0) is 0 Å². The molecule has 30 heavy (non-hydrogen) atoms. The quantitative estimate of drug-likeness (QED) is 0.713. The van der Waals surface area contributed by atoms with Crippen LogP contribution in [0.1, 0.15) is 28.4 Å². The average Bonchev–Trinajstić information content (AvgIpc) is 3.25. The zero-order valence-corrected chi connectivity index (χ0v) is 17.1. The van der Waals surface area contributed by atoms with E-state index in [2.05, 4.69) is 42.3 Å². The number of aliphatic hydroxyl groups is 1. The summed E-state index contributed by atoms with van der Waals surface area (Å²) < 4.78 is 0. The maximum absolute atomic E-state index is 13.4. The number of hydrogen-bond acceptors (Lipinski definition) is 3. The molecule has 3 aromatic carbocycles. The third-order valence-electron chi connectivity index (χ3n) is 6.74. The van der Waals surface area contributed by atoms with Gasteiger partial charge in [-0.15, -0.1) is 0 Å². The van der Waals surface area contributed by atoms with Crippen molar-refractivity contribution in [1.29, 1.82) is 0 Å². The van der Waals surface area contributed by atoms with E-state index in [1.54, 1.807) is 0 Å². The van der Waals surface area contributed by atoms with E-state index in [0.29, 0.717) is 6.54 Å². The van der Waals surface area contributed by atoms with Gasteiger partial charge in [-0.3, -0.25) is 4.79 Å². The van der Waals surface area contributed by atoms with E-state index in [0.717, 1.165) is 23.2 Å². The van der Waals surface area contributed by atoms with E-state index in [1.165, 1.54) is 11.1 Å². The van der Waals surface area contributed by atoms with Gasteiger partial charge in [-0.1, -0.05) is 54.6 Å². The molecule has 4 nitrogen and oxygen atoms in total. The molecule has 2 aliphatic rings. The highest BCUT2D eigenvalue weighted by molar-refractivity contribution is 5.95. The topological polar surface area (TPSA) is 43.8 Å². The molecule has 3 atom stereocenters. The van der Waals surface area contributed by atoms with Crippen molar-refractivity contribution >= 4 is 11.6 Å². The lowest BCUT2D eigenvalue weighted by Crippen LogP contribution is -2.48. The molecule has 0 unspecified atom stereocenters. The summed E-state index contributed by atoms with van der Waals surface area (Å²) in [6, 6.07) is 26.4. The first-order valence-electron chi connectivity index (χ1n) is 10.6. The molecule has 3 aromatic rings. The van der Waals surface area contributed by atoms with Gasteiger partial charge in [-0.25, -0.2) is 0 Å². The van der Waals surface area contributed by atoms with Gasteiger partial charge in [-0.2, -0.15) is 0 Å². The molecule has 152 valence electrons. The largest absolute Gasteiger partial charge is 0.394 e. The smallest absolute Gasteiger partial charge is 0.254 e. The van der Waals surface area contributed by atoms with Gasteiger partial charge in [0.15, 0.2) is 0 Å². The van der Waals surface area contributed by atoms with Crippen molar-refractivity contribution in [2.45, 2.75) is 18.5 Å². The predicted molar refractivity (Wildman–Crippen MR) is 119 cm³/mol. The highest BCUT2D eigenvalue weighted by atomic mass is 16.3. The van der Waals surface area contributed by atoms with E-state index in [1.807, 2.05) is 53.4 Å². The van der Waals surface area contributed by atoms with Crippen molar-refractivity contribution < 1.29 is 9.90 Å². The van der Waals surface area contributed by atoms with Crippen LogP contribution in [0.5, 0.6) is 0 Å². The zero-order valence-electron chi connectivity index (χ0n) is 17.1. The minimum absolute atomic E-state index is 0.0126. The summed E-state index contributed by atoms with van der Waals surface area (Å²) in [6.07, 6.45) is 0.897. The Bertz CT molecular complexity index is 1050. The summed E-state index contributed by atoms with van der Waals surface area (Å²) in [7, 11) is 2.06. The van der Waals surface area contributed by atoms with Gasteiger partial charge in [-0.05, 0) is 47.4 Å². The summed E-state index contributed by atoms with van der Waals surface area (Å²) in [5.74, 6) is 0.284. The monoisotopic (exact) mass is 398 g/mol. The van der Waals surface area contributed by atoms with Gasteiger partial charge in [0.25, 0.3) is 5.91 Å². The van der Waals surface area contributed by atoms with Crippen molar-refractivity contribution in [3.8, 4) is 11.1 Å². The third kappa shape index (κ3) is 2.99. The Morgan fingerprint density at radius 1 is 0.967 bits per heavy atom. The fraction of sp³-hybridized carbons (Fsp3) is 0.269.